The van der Waals surface area contributed by atoms with Crippen LogP contribution in [0.3, 0.4) is 0 Å². The average molecular weight is 418 g/mol. The Hall–Kier alpha value is -3.38. The Morgan fingerprint density at radius 3 is 2.45 bits per heavy atom. The van der Waals surface area contributed by atoms with E-state index >= 15 is 0 Å². The molecule has 0 saturated carbocycles. The number of nitrogens with one attached hydrogen (secondary N) is 1. The first kappa shape index (κ1) is 20.9. The van der Waals surface area contributed by atoms with Crippen molar-refractivity contribution in [1.82, 2.24) is 14.8 Å². The van der Waals surface area contributed by atoms with Gasteiger partial charge in [0.25, 0.3) is 5.56 Å². The lowest BCUT2D eigenvalue weighted by atomic mass is 10.1. The number of hydrogen-bond acceptors (Lipinski definition) is 3. The van der Waals surface area contributed by atoms with Crippen LogP contribution >= 0.6 is 0 Å². The van der Waals surface area contributed by atoms with Crippen LogP contribution in [-0.2, 0) is 17.7 Å². The second kappa shape index (κ2) is 10.1. The molecule has 1 aliphatic rings. The van der Waals surface area contributed by atoms with Crippen LogP contribution in [0.25, 0.3) is 0 Å². The van der Waals surface area contributed by atoms with Gasteiger partial charge in [0.2, 0.25) is 0 Å². The summed E-state index contributed by atoms with van der Waals surface area (Å²) in [6.45, 7) is 1.96. The van der Waals surface area contributed by atoms with Crippen LogP contribution in [0.5, 0.6) is 0 Å². The number of nitrogens with zero attached hydrogens (tertiary/aromatic N) is 2. The van der Waals surface area contributed by atoms with Gasteiger partial charge in [-0.25, -0.2) is 4.79 Å². The van der Waals surface area contributed by atoms with Gasteiger partial charge in [0, 0.05) is 31.8 Å². The van der Waals surface area contributed by atoms with Gasteiger partial charge in [0.15, 0.2) is 0 Å². The normalized spacial score (nSPS) is 17.2. The van der Waals surface area contributed by atoms with Crippen molar-refractivity contribution in [3.05, 3.63) is 107 Å². The average Bonchev–Trinajstić information content (AvgIpc) is 2.81. The molecule has 31 heavy (non-hydrogen) atoms. The van der Waals surface area contributed by atoms with Crippen LogP contribution in [0.15, 0.2) is 89.9 Å². The van der Waals surface area contributed by atoms with Crippen LogP contribution in [0.4, 0.5) is 4.79 Å². The predicted molar refractivity (Wildman–Crippen MR) is 120 cm³/mol. The van der Waals surface area contributed by atoms with Crippen LogP contribution in [0, 0.1) is 0 Å². The molecule has 1 fully saturated rings. The highest BCUT2D eigenvalue weighted by atomic mass is 16.5. The largest absolute Gasteiger partial charge is 0.374 e. The van der Waals surface area contributed by atoms with Gasteiger partial charge in [-0.1, -0.05) is 66.7 Å². The van der Waals surface area contributed by atoms with Crippen molar-refractivity contribution in [2.45, 2.75) is 25.1 Å². The lowest BCUT2D eigenvalue weighted by Crippen LogP contribution is -2.51. The number of urea groups is 1. The Balaban J connectivity index is 1.45. The Morgan fingerprint density at radius 1 is 1.00 bits per heavy atom. The zero-order chi connectivity index (χ0) is 21.5. The number of hydrogen-bond donors (Lipinski definition) is 1. The number of pyridine rings is 1. The van der Waals surface area contributed by atoms with E-state index in [1.54, 1.807) is 21.7 Å². The van der Waals surface area contributed by atoms with Crippen molar-refractivity contribution < 1.29 is 9.53 Å². The minimum atomic E-state index is -0.316. The maximum atomic E-state index is 13.1. The van der Waals surface area contributed by atoms with Crippen molar-refractivity contribution in [2.24, 2.45) is 0 Å². The zero-order valence-electron chi connectivity index (χ0n) is 17.4. The summed E-state index contributed by atoms with van der Waals surface area (Å²) in [6.07, 6.45) is 2.48. The highest BCUT2D eigenvalue weighted by molar-refractivity contribution is 5.75. The van der Waals surface area contributed by atoms with Gasteiger partial charge >= 0.3 is 6.03 Å². The number of aromatic nitrogens is 1. The Bertz CT molecular complexity index is 1040. The van der Waals surface area contributed by atoms with Gasteiger partial charge in [-0.2, -0.15) is 0 Å². The fraction of sp³-hybridized carbons (Fsp3) is 0.280. The number of morpholine rings is 1. The maximum Gasteiger partial charge on any atom is 0.318 e. The molecule has 0 bridgehead atoms. The molecule has 2 atom stereocenters. The number of carbonyl (C=O) groups excluding carboxylic acids is 1. The molecule has 4 rings (SSSR count). The summed E-state index contributed by atoms with van der Waals surface area (Å²) in [5.41, 5.74) is 2.06. The summed E-state index contributed by atoms with van der Waals surface area (Å²) < 4.78 is 7.52. The molecule has 0 aliphatic carbocycles. The molecule has 3 aromatic rings. The second-order valence-electron chi connectivity index (χ2n) is 7.73. The highest BCUT2D eigenvalue weighted by Crippen LogP contribution is 2.17. The molecule has 1 aromatic heterocycles. The van der Waals surface area contributed by atoms with Gasteiger partial charge in [-0.3, -0.25) is 4.79 Å². The van der Waals surface area contributed by atoms with E-state index in [9.17, 15) is 9.59 Å². The number of amides is 2. The second-order valence-corrected chi connectivity index (χ2v) is 7.73. The summed E-state index contributed by atoms with van der Waals surface area (Å²) in [5, 5.41) is 3.13. The lowest BCUT2D eigenvalue weighted by molar-refractivity contribution is -0.0137. The smallest absolute Gasteiger partial charge is 0.318 e. The van der Waals surface area contributed by atoms with E-state index in [1.807, 2.05) is 54.6 Å². The SMILES string of the molecule is O=C(NC(Cn1ccccc1=O)c1ccccc1)N1CCOC(Cc2ccccc2)C1. The van der Waals surface area contributed by atoms with Crippen LogP contribution in [-0.4, -0.2) is 41.3 Å². The molecular formula is C25H27N3O3. The molecule has 1 aliphatic heterocycles. The van der Waals surface area contributed by atoms with E-state index in [0.29, 0.717) is 26.2 Å². The van der Waals surface area contributed by atoms with Crippen LogP contribution < -0.4 is 10.9 Å². The molecule has 2 aromatic carbocycles. The molecule has 2 heterocycles. The van der Waals surface area contributed by atoms with Crippen molar-refractivity contribution in [1.29, 1.82) is 0 Å². The number of benzene rings is 2. The third-order valence-electron chi connectivity index (χ3n) is 5.51. The van der Waals surface area contributed by atoms with E-state index in [4.69, 9.17) is 4.74 Å². The van der Waals surface area contributed by atoms with Gasteiger partial charge in [-0.05, 0) is 17.2 Å². The minimum Gasteiger partial charge on any atom is -0.374 e. The molecule has 1 saturated heterocycles. The van der Waals surface area contributed by atoms with Gasteiger partial charge in [0.1, 0.15) is 0 Å². The fourth-order valence-corrected chi connectivity index (χ4v) is 3.87. The van der Waals surface area contributed by atoms with Gasteiger partial charge in [0.05, 0.1) is 25.3 Å². The summed E-state index contributed by atoms with van der Waals surface area (Å²) in [5.74, 6) is 0. The standard InChI is InChI=1S/C25H27N3O3/c29-24-13-7-8-14-27(24)19-23(21-11-5-2-6-12-21)26-25(30)28-15-16-31-22(18-28)17-20-9-3-1-4-10-20/h1-14,22-23H,15-19H2,(H,26,30). The summed E-state index contributed by atoms with van der Waals surface area (Å²) in [7, 11) is 0. The van der Waals surface area contributed by atoms with Crippen LogP contribution in [0.2, 0.25) is 0 Å². The van der Waals surface area contributed by atoms with Crippen molar-refractivity contribution in [3.63, 3.8) is 0 Å². The van der Waals surface area contributed by atoms with Crippen molar-refractivity contribution in [3.8, 4) is 0 Å². The molecule has 0 radical (unpaired) electrons. The highest BCUT2D eigenvalue weighted by Gasteiger charge is 2.26. The number of rotatable bonds is 6. The molecule has 6 heteroatoms. The number of carbonyl (C=O) groups is 1. The van der Waals surface area contributed by atoms with Gasteiger partial charge < -0.3 is 19.5 Å². The third-order valence-corrected chi connectivity index (χ3v) is 5.51. The van der Waals surface area contributed by atoms with E-state index < -0.39 is 0 Å². The Kier molecular flexibility index (Phi) is 6.79. The fourth-order valence-electron chi connectivity index (χ4n) is 3.87. The van der Waals surface area contributed by atoms with E-state index in [2.05, 4.69) is 17.4 Å². The maximum absolute atomic E-state index is 13.1. The summed E-state index contributed by atoms with van der Waals surface area (Å²) >= 11 is 0. The molecule has 1 N–H and O–H groups in total. The van der Waals surface area contributed by atoms with Gasteiger partial charge in [-0.15, -0.1) is 0 Å². The van der Waals surface area contributed by atoms with Crippen molar-refractivity contribution in [2.75, 3.05) is 19.7 Å². The number of ether oxygens (including phenoxy) is 1. The first-order valence-electron chi connectivity index (χ1n) is 10.6. The minimum absolute atomic E-state index is 0.0335. The summed E-state index contributed by atoms with van der Waals surface area (Å²) in [4.78, 5) is 27.1. The monoisotopic (exact) mass is 417 g/mol. The Labute approximate surface area is 182 Å². The van der Waals surface area contributed by atoms with E-state index in [-0.39, 0.29) is 23.7 Å². The molecule has 6 nitrogen and oxygen atoms in total. The first-order chi connectivity index (χ1) is 15.2. The molecule has 0 spiro atoms. The third kappa shape index (κ3) is 5.61. The van der Waals surface area contributed by atoms with Crippen LogP contribution in [0.1, 0.15) is 17.2 Å². The summed E-state index contributed by atoms with van der Waals surface area (Å²) in [6, 6.07) is 24.5. The topological polar surface area (TPSA) is 63.6 Å². The predicted octanol–water partition coefficient (Wildman–Crippen LogP) is 3.24. The van der Waals surface area contributed by atoms with Crippen molar-refractivity contribution >= 4 is 6.03 Å². The quantitative estimate of drug-likeness (QED) is 0.670. The molecule has 160 valence electrons. The zero-order valence-corrected chi connectivity index (χ0v) is 17.4. The lowest BCUT2D eigenvalue weighted by Gasteiger charge is -2.34. The molecular weight excluding hydrogens is 390 g/mol. The first-order valence-corrected chi connectivity index (χ1v) is 10.6. The van der Waals surface area contributed by atoms with E-state index in [0.717, 1.165) is 12.0 Å². The Morgan fingerprint density at radius 2 is 1.71 bits per heavy atom. The molecule has 2 amide bonds. The molecule has 2 unspecified atom stereocenters. The van der Waals surface area contributed by atoms with E-state index in [1.165, 1.54) is 11.6 Å².